The molecule has 2 aliphatic heterocycles. The highest BCUT2D eigenvalue weighted by molar-refractivity contribution is 7.12. The summed E-state index contributed by atoms with van der Waals surface area (Å²) in [7, 11) is 0. The summed E-state index contributed by atoms with van der Waals surface area (Å²) in [5.74, 6) is -6.27. The first-order valence-corrected chi connectivity index (χ1v) is 21.4. The van der Waals surface area contributed by atoms with E-state index in [0.29, 0.717) is 11.5 Å². The quantitative estimate of drug-likeness (QED) is 0.0823. The van der Waals surface area contributed by atoms with Crippen molar-refractivity contribution in [3.05, 3.63) is 107 Å². The van der Waals surface area contributed by atoms with Crippen LogP contribution < -0.4 is 14.5 Å². The molecule has 0 spiro atoms. The summed E-state index contributed by atoms with van der Waals surface area (Å²) in [6.45, 7) is 2.33. The maximum Gasteiger partial charge on any atom is 0.260 e. The molecule has 4 aromatic carbocycles. The Balaban J connectivity index is 1.01. The van der Waals surface area contributed by atoms with Gasteiger partial charge < -0.3 is 29.4 Å². The van der Waals surface area contributed by atoms with Gasteiger partial charge in [0.25, 0.3) is 12.9 Å². The number of benzene rings is 4. The summed E-state index contributed by atoms with van der Waals surface area (Å²) in [4.78, 5) is 30.4. The minimum atomic E-state index is -3.02. The van der Waals surface area contributed by atoms with E-state index in [1.807, 2.05) is 0 Å². The van der Waals surface area contributed by atoms with Crippen LogP contribution in [0.3, 0.4) is 0 Å². The van der Waals surface area contributed by atoms with Crippen molar-refractivity contribution in [1.82, 2.24) is 18.5 Å². The number of phenolic OH excluding ortho intramolecular Hbond substituents is 1. The standard InChI is InChI=1S/C42H30Cl2F8N6O4S2/c1-2-29(60)55-10-12-57(25(17-55)39(49)50)42-20-16-22(44)32(36(48)38(20)54-64-42)34-24(46)6-4-8-28(34)62-14-9-30(61)56-11-13-58(26(18-56)40(51)52)41-19-15-21(43)31(35(47)37(19)53-63-41)33-23(45)5-3-7-27(33)59/h2-9,14-16,25-26,39-40,59H,1,10-13,17-18H2/b14-9+/t25-,26+/m0/s1. The van der Waals surface area contributed by atoms with E-state index in [2.05, 4.69) is 15.3 Å². The topological polar surface area (TPSA) is 102 Å². The molecule has 64 heavy (non-hydrogen) atoms. The Morgan fingerprint density at radius 3 is 1.72 bits per heavy atom. The number of halogens is 10. The smallest absolute Gasteiger partial charge is 0.260 e. The lowest BCUT2D eigenvalue weighted by atomic mass is 10.0. The second-order valence-corrected chi connectivity index (χ2v) is 16.8. The van der Waals surface area contributed by atoms with E-state index >= 15 is 13.2 Å². The highest BCUT2D eigenvalue weighted by atomic mass is 35.5. The predicted molar refractivity (Wildman–Crippen MR) is 229 cm³/mol. The van der Waals surface area contributed by atoms with Gasteiger partial charge in [-0.3, -0.25) is 9.59 Å². The van der Waals surface area contributed by atoms with Gasteiger partial charge in [-0.2, -0.15) is 8.75 Å². The van der Waals surface area contributed by atoms with Crippen molar-refractivity contribution < 1.29 is 54.6 Å². The number of nitrogens with zero attached hydrogens (tertiary/aromatic N) is 6. The highest BCUT2D eigenvalue weighted by Crippen LogP contribution is 2.47. The van der Waals surface area contributed by atoms with Crippen LogP contribution in [0, 0.1) is 23.3 Å². The molecule has 1 N–H and O–H groups in total. The van der Waals surface area contributed by atoms with Crippen molar-refractivity contribution >= 4 is 89.9 Å². The van der Waals surface area contributed by atoms with Gasteiger partial charge in [-0.15, -0.1) is 0 Å². The van der Waals surface area contributed by atoms with Crippen molar-refractivity contribution in [2.75, 3.05) is 49.1 Å². The Bertz CT molecular complexity index is 2850. The van der Waals surface area contributed by atoms with Gasteiger partial charge >= 0.3 is 0 Å². The summed E-state index contributed by atoms with van der Waals surface area (Å²) < 4.78 is 134. The number of carbonyl (C=O) groups is 2. The van der Waals surface area contributed by atoms with Crippen LogP contribution in [0.2, 0.25) is 10.0 Å². The normalized spacial score (nSPS) is 17.2. The molecule has 6 aromatic rings. The number of fused-ring (bicyclic) bond motifs is 2. The first-order valence-electron chi connectivity index (χ1n) is 19.1. The largest absolute Gasteiger partial charge is 0.507 e. The van der Waals surface area contributed by atoms with Crippen LogP contribution in [0.15, 0.2) is 73.5 Å². The Morgan fingerprint density at radius 2 is 1.22 bits per heavy atom. The minimum Gasteiger partial charge on any atom is -0.507 e. The summed E-state index contributed by atoms with van der Waals surface area (Å²) >= 11 is 14.4. The number of piperazine rings is 2. The van der Waals surface area contributed by atoms with Gasteiger partial charge in [0, 0.05) is 67.2 Å². The fourth-order valence-electron chi connectivity index (χ4n) is 7.83. The zero-order valence-electron chi connectivity index (χ0n) is 32.6. The Kier molecular flexibility index (Phi) is 12.7. The summed E-state index contributed by atoms with van der Waals surface area (Å²) in [6, 6.07) is 6.33. The first kappa shape index (κ1) is 44.9. The average Bonchev–Trinajstić information content (AvgIpc) is 3.89. The third-order valence-electron chi connectivity index (χ3n) is 10.9. The summed E-state index contributed by atoms with van der Waals surface area (Å²) in [5, 5.41) is 10.0. The van der Waals surface area contributed by atoms with E-state index in [-0.39, 0.29) is 80.3 Å². The number of rotatable bonds is 10. The zero-order valence-corrected chi connectivity index (χ0v) is 35.7. The van der Waals surface area contributed by atoms with Crippen LogP contribution >= 0.6 is 46.3 Å². The molecule has 2 atom stereocenters. The molecule has 2 aliphatic rings. The Labute approximate surface area is 376 Å². The Morgan fingerprint density at radius 1 is 0.734 bits per heavy atom. The van der Waals surface area contributed by atoms with Crippen molar-refractivity contribution in [1.29, 1.82) is 0 Å². The molecule has 0 saturated carbocycles. The maximum atomic E-state index is 16.4. The summed E-state index contributed by atoms with van der Waals surface area (Å²) in [5.41, 5.74) is -2.47. The van der Waals surface area contributed by atoms with Crippen molar-refractivity contribution in [3.63, 3.8) is 0 Å². The number of amides is 2. The van der Waals surface area contributed by atoms with Crippen LogP contribution in [-0.2, 0) is 9.59 Å². The number of phenols is 1. The van der Waals surface area contributed by atoms with Gasteiger partial charge in [-0.25, -0.2) is 35.1 Å². The van der Waals surface area contributed by atoms with Gasteiger partial charge in [0.1, 0.15) is 56.3 Å². The molecule has 22 heteroatoms. The van der Waals surface area contributed by atoms with E-state index in [1.54, 1.807) is 0 Å². The van der Waals surface area contributed by atoms with Crippen LogP contribution in [0.5, 0.6) is 11.5 Å². The molecule has 8 rings (SSSR count). The number of aromatic nitrogens is 2. The van der Waals surface area contributed by atoms with Crippen LogP contribution in [0.4, 0.5) is 45.1 Å². The number of alkyl halides is 4. The van der Waals surface area contributed by atoms with E-state index in [9.17, 15) is 36.6 Å². The molecule has 10 nitrogen and oxygen atoms in total. The van der Waals surface area contributed by atoms with E-state index in [1.165, 1.54) is 45.0 Å². The lowest BCUT2D eigenvalue weighted by Crippen LogP contribution is -2.57. The molecule has 2 aromatic heterocycles. The van der Waals surface area contributed by atoms with Crippen LogP contribution in [-0.4, -0.2) is 99.7 Å². The molecule has 0 bridgehead atoms. The minimum absolute atomic E-state index is 0.0325. The number of ether oxygens (including phenoxy) is 1. The van der Waals surface area contributed by atoms with Gasteiger partial charge in [0.2, 0.25) is 11.8 Å². The molecule has 2 saturated heterocycles. The molecular formula is C42H30Cl2F8N6O4S2. The number of carbonyl (C=O) groups excluding carboxylic acids is 2. The number of hydrogen-bond donors (Lipinski definition) is 1. The van der Waals surface area contributed by atoms with Crippen molar-refractivity contribution in [2.24, 2.45) is 0 Å². The molecule has 0 aliphatic carbocycles. The molecule has 334 valence electrons. The first-order chi connectivity index (χ1) is 30.6. The average molecular weight is 970 g/mol. The van der Waals surface area contributed by atoms with E-state index < -0.39 is 94.6 Å². The third-order valence-corrected chi connectivity index (χ3v) is 13.3. The SMILES string of the molecule is C=CC(=O)N1CCN(c2snc3c(F)c(-c4c(F)cccc4O/C=C/C(=O)N4CCN(c5snc6c(F)c(-c7c(O)cccc7F)c(Cl)cc56)[C@@H](C(F)F)C4)c(Cl)cc23)[C@H](C(F)F)C1. The zero-order chi connectivity index (χ0) is 45.7. The van der Waals surface area contributed by atoms with Gasteiger partial charge in [-0.1, -0.05) is 41.9 Å². The number of anilines is 2. The third kappa shape index (κ3) is 8.04. The lowest BCUT2D eigenvalue weighted by molar-refractivity contribution is -0.128. The second-order valence-electron chi connectivity index (χ2n) is 14.5. The van der Waals surface area contributed by atoms with Crippen LogP contribution in [0.25, 0.3) is 44.1 Å². The molecular weight excluding hydrogens is 940 g/mol. The monoisotopic (exact) mass is 968 g/mol. The molecule has 4 heterocycles. The molecule has 0 radical (unpaired) electrons. The van der Waals surface area contributed by atoms with Crippen molar-refractivity contribution in [2.45, 2.75) is 24.9 Å². The maximum absolute atomic E-state index is 16.4. The van der Waals surface area contributed by atoms with Gasteiger partial charge in [0.15, 0.2) is 11.6 Å². The van der Waals surface area contributed by atoms with E-state index in [4.69, 9.17) is 27.9 Å². The highest BCUT2D eigenvalue weighted by Gasteiger charge is 2.39. The predicted octanol–water partition coefficient (Wildman–Crippen LogP) is 10.2. The van der Waals surface area contributed by atoms with Crippen LogP contribution in [0.1, 0.15) is 0 Å². The summed E-state index contributed by atoms with van der Waals surface area (Å²) in [6.07, 6.45) is -3.13. The Hall–Kier alpha value is -5.70. The van der Waals surface area contributed by atoms with E-state index in [0.717, 1.165) is 53.0 Å². The second kappa shape index (κ2) is 18.1. The van der Waals surface area contributed by atoms with Crippen molar-refractivity contribution in [3.8, 4) is 33.8 Å². The fourth-order valence-corrected chi connectivity index (χ4v) is 10.3. The van der Waals surface area contributed by atoms with Gasteiger partial charge in [-0.05, 0) is 65.5 Å². The van der Waals surface area contributed by atoms with Gasteiger partial charge in [0.05, 0.1) is 27.4 Å². The lowest BCUT2D eigenvalue weighted by Gasteiger charge is -2.41. The molecule has 2 fully saturated rings. The number of hydrogen-bond acceptors (Lipinski definition) is 10. The molecule has 2 amide bonds. The fraction of sp³-hybridized carbons (Fsp3) is 0.238. The number of aromatic hydroxyl groups is 1. The molecule has 0 unspecified atom stereocenters.